The van der Waals surface area contributed by atoms with E-state index in [9.17, 15) is 18.0 Å². The number of halogens is 3. The number of benzene rings is 1. The third-order valence-electron chi connectivity index (χ3n) is 2.81. The Kier molecular flexibility index (Phi) is 4.76. The lowest BCUT2D eigenvalue weighted by Gasteiger charge is -2.11. The van der Waals surface area contributed by atoms with Crippen LogP contribution in [0.1, 0.15) is 31.4 Å². The van der Waals surface area contributed by atoms with Crippen molar-refractivity contribution in [3.8, 4) is 0 Å². The standard InChI is InChI=1S/C13H16F3NO/c1-3-9(2)12(18)17-8-10-4-6-11(7-5-10)13(14,15)16/h4-7,9H,3,8H2,1-2H3,(H,17,18). The molecule has 0 fully saturated rings. The number of alkyl halides is 3. The summed E-state index contributed by atoms with van der Waals surface area (Å²) < 4.78 is 36.9. The molecule has 1 N–H and O–H groups in total. The number of rotatable bonds is 4. The molecule has 0 aromatic heterocycles. The lowest BCUT2D eigenvalue weighted by molar-refractivity contribution is -0.137. The Morgan fingerprint density at radius 1 is 1.28 bits per heavy atom. The van der Waals surface area contributed by atoms with Gasteiger partial charge in [0.05, 0.1) is 5.56 Å². The number of carbonyl (C=O) groups is 1. The van der Waals surface area contributed by atoms with E-state index in [0.717, 1.165) is 18.6 Å². The molecule has 0 spiro atoms. The summed E-state index contributed by atoms with van der Waals surface area (Å²) in [6.07, 6.45) is -3.59. The van der Waals surface area contributed by atoms with Crippen LogP contribution in [0.3, 0.4) is 0 Å². The number of carbonyl (C=O) groups excluding carboxylic acids is 1. The van der Waals surface area contributed by atoms with Crippen LogP contribution in [0.4, 0.5) is 13.2 Å². The predicted octanol–water partition coefficient (Wildman–Crippen LogP) is 3.37. The fourth-order valence-corrected chi connectivity index (χ4v) is 1.36. The quantitative estimate of drug-likeness (QED) is 0.882. The molecule has 0 saturated heterocycles. The summed E-state index contributed by atoms with van der Waals surface area (Å²) in [5, 5.41) is 2.69. The van der Waals surface area contributed by atoms with Crippen LogP contribution in [-0.4, -0.2) is 5.91 Å². The van der Waals surface area contributed by atoms with Crippen LogP contribution < -0.4 is 5.32 Å². The first-order chi connectivity index (χ1) is 8.34. The van der Waals surface area contributed by atoms with Crippen LogP contribution in [0.2, 0.25) is 0 Å². The minimum Gasteiger partial charge on any atom is -0.352 e. The fraction of sp³-hybridized carbons (Fsp3) is 0.462. The van der Waals surface area contributed by atoms with Gasteiger partial charge in [-0.1, -0.05) is 26.0 Å². The van der Waals surface area contributed by atoms with Crippen molar-refractivity contribution in [1.82, 2.24) is 5.32 Å². The molecular weight excluding hydrogens is 243 g/mol. The van der Waals surface area contributed by atoms with E-state index in [0.29, 0.717) is 5.56 Å². The molecule has 100 valence electrons. The largest absolute Gasteiger partial charge is 0.416 e. The van der Waals surface area contributed by atoms with Gasteiger partial charge in [0.25, 0.3) is 0 Å². The van der Waals surface area contributed by atoms with Crippen LogP contribution in [0, 0.1) is 5.92 Å². The first-order valence-electron chi connectivity index (χ1n) is 5.78. The highest BCUT2D eigenvalue weighted by Crippen LogP contribution is 2.29. The van der Waals surface area contributed by atoms with E-state index in [1.54, 1.807) is 0 Å². The third-order valence-corrected chi connectivity index (χ3v) is 2.81. The molecule has 18 heavy (non-hydrogen) atoms. The molecule has 0 saturated carbocycles. The summed E-state index contributed by atoms with van der Waals surface area (Å²) in [7, 11) is 0. The van der Waals surface area contributed by atoms with Crippen molar-refractivity contribution in [3.05, 3.63) is 35.4 Å². The Balaban J connectivity index is 2.57. The van der Waals surface area contributed by atoms with E-state index < -0.39 is 11.7 Å². The third kappa shape index (κ3) is 4.05. The van der Waals surface area contributed by atoms with Gasteiger partial charge in [0.1, 0.15) is 0 Å². The lowest BCUT2D eigenvalue weighted by atomic mass is 10.1. The summed E-state index contributed by atoms with van der Waals surface area (Å²) in [6.45, 7) is 3.96. The number of hydrogen-bond acceptors (Lipinski definition) is 1. The number of amides is 1. The molecule has 5 heteroatoms. The Labute approximate surface area is 104 Å². The topological polar surface area (TPSA) is 29.1 Å². The molecule has 2 nitrogen and oxygen atoms in total. The van der Waals surface area contributed by atoms with Gasteiger partial charge in [-0.05, 0) is 24.1 Å². The molecule has 0 aliphatic rings. The molecule has 0 aliphatic heterocycles. The molecule has 1 amide bonds. The van der Waals surface area contributed by atoms with Crippen molar-refractivity contribution in [1.29, 1.82) is 0 Å². The summed E-state index contributed by atoms with van der Waals surface area (Å²) in [6, 6.07) is 4.79. The highest BCUT2D eigenvalue weighted by atomic mass is 19.4. The second-order valence-electron chi connectivity index (χ2n) is 4.22. The molecule has 1 atom stereocenters. The normalized spacial score (nSPS) is 13.2. The molecule has 0 heterocycles. The van der Waals surface area contributed by atoms with Crippen LogP contribution in [-0.2, 0) is 17.5 Å². The first kappa shape index (κ1) is 14.5. The molecule has 1 rings (SSSR count). The van der Waals surface area contributed by atoms with E-state index in [1.807, 2.05) is 13.8 Å². The minimum atomic E-state index is -4.32. The maximum Gasteiger partial charge on any atom is 0.416 e. The van der Waals surface area contributed by atoms with Crippen molar-refractivity contribution >= 4 is 5.91 Å². The zero-order chi connectivity index (χ0) is 13.8. The van der Waals surface area contributed by atoms with Gasteiger partial charge in [-0.15, -0.1) is 0 Å². The first-order valence-corrected chi connectivity index (χ1v) is 5.78. The van der Waals surface area contributed by atoms with Crippen molar-refractivity contribution in [2.24, 2.45) is 5.92 Å². The molecule has 1 aromatic carbocycles. The van der Waals surface area contributed by atoms with Gasteiger partial charge in [-0.25, -0.2) is 0 Å². The van der Waals surface area contributed by atoms with E-state index in [1.165, 1.54) is 12.1 Å². The second-order valence-corrected chi connectivity index (χ2v) is 4.22. The van der Waals surface area contributed by atoms with Crippen LogP contribution in [0.5, 0.6) is 0 Å². The maximum atomic E-state index is 12.3. The average molecular weight is 259 g/mol. The Morgan fingerprint density at radius 2 is 1.83 bits per heavy atom. The molecular formula is C13H16F3NO. The highest BCUT2D eigenvalue weighted by Gasteiger charge is 2.29. The fourth-order valence-electron chi connectivity index (χ4n) is 1.36. The lowest BCUT2D eigenvalue weighted by Crippen LogP contribution is -2.28. The van der Waals surface area contributed by atoms with Crippen LogP contribution >= 0.6 is 0 Å². The van der Waals surface area contributed by atoms with Crippen molar-refractivity contribution in [2.75, 3.05) is 0 Å². The zero-order valence-electron chi connectivity index (χ0n) is 10.3. The molecule has 0 radical (unpaired) electrons. The summed E-state index contributed by atoms with van der Waals surface area (Å²) in [4.78, 5) is 11.5. The van der Waals surface area contributed by atoms with Crippen LogP contribution in [0.25, 0.3) is 0 Å². The summed E-state index contributed by atoms with van der Waals surface area (Å²) in [5.74, 6) is -0.170. The molecule has 0 aliphatic carbocycles. The molecule has 1 aromatic rings. The zero-order valence-corrected chi connectivity index (χ0v) is 10.3. The monoisotopic (exact) mass is 259 g/mol. The Hall–Kier alpha value is -1.52. The van der Waals surface area contributed by atoms with Crippen molar-refractivity contribution in [2.45, 2.75) is 33.0 Å². The van der Waals surface area contributed by atoms with Gasteiger partial charge in [0.2, 0.25) is 5.91 Å². The van der Waals surface area contributed by atoms with Gasteiger partial charge < -0.3 is 5.32 Å². The Bertz CT molecular complexity index is 398. The summed E-state index contributed by atoms with van der Waals surface area (Å²) in [5.41, 5.74) is -0.0286. The van der Waals surface area contributed by atoms with Gasteiger partial charge in [0.15, 0.2) is 0 Å². The molecule has 0 bridgehead atoms. The van der Waals surface area contributed by atoms with Crippen LogP contribution in [0.15, 0.2) is 24.3 Å². The van der Waals surface area contributed by atoms with Gasteiger partial charge >= 0.3 is 6.18 Å². The van der Waals surface area contributed by atoms with E-state index in [-0.39, 0.29) is 18.4 Å². The highest BCUT2D eigenvalue weighted by molar-refractivity contribution is 5.78. The maximum absolute atomic E-state index is 12.3. The van der Waals surface area contributed by atoms with Gasteiger partial charge in [0, 0.05) is 12.5 Å². The van der Waals surface area contributed by atoms with Crippen molar-refractivity contribution < 1.29 is 18.0 Å². The summed E-state index contributed by atoms with van der Waals surface area (Å²) >= 11 is 0. The van der Waals surface area contributed by atoms with E-state index in [4.69, 9.17) is 0 Å². The van der Waals surface area contributed by atoms with E-state index in [2.05, 4.69) is 5.32 Å². The van der Waals surface area contributed by atoms with Gasteiger partial charge in [-0.2, -0.15) is 13.2 Å². The minimum absolute atomic E-state index is 0.0838. The Morgan fingerprint density at radius 3 is 2.28 bits per heavy atom. The smallest absolute Gasteiger partial charge is 0.352 e. The molecule has 1 unspecified atom stereocenters. The van der Waals surface area contributed by atoms with E-state index >= 15 is 0 Å². The SMILES string of the molecule is CCC(C)C(=O)NCc1ccc(C(F)(F)F)cc1. The average Bonchev–Trinajstić information content (AvgIpc) is 2.34. The van der Waals surface area contributed by atoms with Gasteiger partial charge in [-0.3, -0.25) is 4.79 Å². The predicted molar refractivity (Wildman–Crippen MR) is 62.7 cm³/mol. The van der Waals surface area contributed by atoms with Crippen molar-refractivity contribution in [3.63, 3.8) is 0 Å². The second kappa shape index (κ2) is 5.89. The number of nitrogens with one attached hydrogen (secondary N) is 1. The number of hydrogen-bond donors (Lipinski definition) is 1.